The summed E-state index contributed by atoms with van der Waals surface area (Å²) in [4.78, 5) is 12.4. The van der Waals surface area contributed by atoms with Crippen LogP contribution in [-0.4, -0.2) is 12.9 Å². The molecule has 0 heterocycles. The van der Waals surface area contributed by atoms with Crippen LogP contribution in [0.3, 0.4) is 0 Å². The summed E-state index contributed by atoms with van der Waals surface area (Å²) in [6.45, 7) is 0. The molecule has 2 rings (SSSR count). The second-order valence-corrected chi connectivity index (χ2v) is 4.83. The number of hydrogen-bond donors (Lipinski definition) is 0. The number of methoxy groups -OCH3 is 1. The molecule has 0 saturated heterocycles. The van der Waals surface area contributed by atoms with Crippen molar-refractivity contribution in [1.82, 2.24) is 0 Å². The van der Waals surface area contributed by atoms with Crippen molar-refractivity contribution >= 4 is 29.0 Å². The van der Waals surface area contributed by atoms with Crippen LogP contribution in [0.25, 0.3) is 0 Å². The predicted octanol–water partition coefficient (Wildman–Crippen LogP) is 4.56. The average molecular weight is 295 g/mol. The molecule has 2 aromatic rings. The van der Waals surface area contributed by atoms with Gasteiger partial charge in [-0.3, -0.25) is 4.79 Å². The van der Waals surface area contributed by atoms with Crippen molar-refractivity contribution in [1.29, 1.82) is 0 Å². The molecule has 4 heteroatoms. The van der Waals surface area contributed by atoms with Gasteiger partial charge >= 0.3 is 0 Å². The van der Waals surface area contributed by atoms with E-state index in [-0.39, 0.29) is 5.78 Å². The van der Waals surface area contributed by atoms with Crippen molar-refractivity contribution in [3.63, 3.8) is 0 Å². The van der Waals surface area contributed by atoms with Gasteiger partial charge in [-0.15, -0.1) is 0 Å². The van der Waals surface area contributed by atoms with Gasteiger partial charge in [-0.25, -0.2) is 0 Å². The minimum atomic E-state index is -0.640. The molecule has 1 unspecified atom stereocenters. The van der Waals surface area contributed by atoms with Gasteiger partial charge in [0.2, 0.25) is 0 Å². The fourth-order valence-electron chi connectivity index (χ4n) is 1.82. The molecule has 0 saturated carbocycles. The average Bonchev–Trinajstić information content (AvgIpc) is 2.44. The van der Waals surface area contributed by atoms with E-state index in [9.17, 15) is 4.79 Å². The van der Waals surface area contributed by atoms with Gasteiger partial charge in [0.05, 0.1) is 10.0 Å². The molecular formula is C15H12Cl2O2. The molecule has 0 aliphatic carbocycles. The van der Waals surface area contributed by atoms with E-state index in [1.807, 2.05) is 30.3 Å². The van der Waals surface area contributed by atoms with E-state index in [0.717, 1.165) is 5.56 Å². The Kier molecular flexibility index (Phi) is 4.59. The lowest BCUT2D eigenvalue weighted by Gasteiger charge is -2.14. The van der Waals surface area contributed by atoms with Gasteiger partial charge in [-0.05, 0) is 23.8 Å². The van der Waals surface area contributed by atoms with Crippen LogP contribution in [0.4, 0.5) is 0 Å². The molecule has 0 bridgehead atoms. The van der Waals surface area contributed by atoms with Crippen LogP contribution in [0, 0.1) is 0 Å². The van der Waals surface area contributed by atoms with Gasteiger partial charge in [-0.1, -0.05) is 53.5 Å². The number of hydrogen-bond acceptors (Lipinski definition) is 2. The molecule has 0 aliphatic rings. The Morgan fingerprint density at radius 2 is 1.74 bits per heavy atom. The summed E-state index contributed by atoms with van der Waals surface area (Å²) in [5, 5.41) is 0.780. The molecule has 1 atom stereocenters. The number of rotatable bonds is 4. The van der Waals surface area contributed by atoms with E-state index >= 15 is 0 Å². The van der Waals surface area contributed by atoms with Crippen LogP contribution in [0.5, 0.6) is 0 Å². The van der Waals surface area contributed by atoms with E-state index in [4.69, 9.17) is 27.9 Å². The first-order valence-corrected chi connectivity index (χ1v) is 6.46. The van der Waals surface area contributed by atoms with Crippen LogP contribution < -0.4 is 0 Å². The summed E-state index contributed by atoms with van der Waals surface area (Å²) in [6, 6.07) is 14.1. The molecule has 0 radical (unpaired) electrons. The molecule has 0 amide bonds. The first-order chi connectivity index (χ1) is 9.13. The Bertz CT molecular complexity index is 582. The SMILES string of the molecule is COC(C(=O)c1ccc(Cl)c(Cl)c1)c1ccccc1. The van der Waals surface area contributed by atoms with Crippen molar-refractivity contribution in [2.45, 2.75) is 6.10 Å². The summed E-state index contributed by atoms with van der Waals surface area (Å²) in [5.41, 5.74) is 1.28. The highest BCUT2D eigenvalue weighted by atomic mass is 35.5. The monoisotopic (exact) mass is 294 g/mol. The summed E-state index contributed by atoms with van der Waals surface area (Å²) in [5.74, 6) is -0.146. The Morgan fingerprint density at radius 3 is 2.32 bits per heavy atom. The van der Waals surface area contributed by atoms with Crippen molar-refractivity contribution < 1.29 is 9.53 Å². The summed E-state index contributed by atoms with van der Waals surface area (Å²) in [6.07, 6.45) is -0.640. The lowest BCUT2D eigenvalue weighted by Crippen LogP contribution is -2.14. The standard InChI is InChI=1S/C15H12Cl2O2/c1-19-15(10-5-3-2-4-6-10)14(18)11-7-8-12(16)13(17)9-11/h2-9,15H,1H3. The third kappa shape index (κ3) is 3.16. The third-order valence-corrected chi connectivity index (χ3v) is 3.52. The van der Waals surface area contributed by atoms with Gasteiger partial charge < -0.3 is 4.74 Å². The molecule has 0 fully saturated rings. The van der Waals surface area contributed by atoms with E-state index in [1.165, 1.54) is 7.11 Å². The van der Waals surface area contributed by atoms with E-state index < -0.39 is 6.10 Å². The fourth-order valence-corrected chi connectivity index (χ4v) is 2.12. The Balaban J connectivity index is 2.33. The maximum atomic E-state index is 12.4. The van der Waals surface area contributed by atoms with Crippen LogP contribution in [0.15, 0.2) is 48.5 Å². The maximum absolute atomic E-state index is 12.4. The number of Topliss-reactive ketones (excluding diaryl/α,β-unsaturated/α-hetero) is 1. The van der Waals surface area contributed by atoms with E-state index in [0.29, 0.717) is 15.6 Å². The number of ether oxygens (including phenoxy) is 1. The van der Waals surface area contributed by atoms with Gasteiger partial charge in [-0.2, -0.15) is 0 Å². The number of carbonyl (C=O) groups is 1. The number of halogens is 2. The lowest BCUT2D eigenvalue weighted by molar-refractivity contribution is 0.0604. The highest BCUT2D eigenvalue weighted by Crippen LogP contribution is 2.27. The third-order valence-electron chi connectivity index (χ3n) is 2.78. The van der Waals surface area contributed by atoms with Gasteiger partial charge in [0, 0.05) is 12.7 Å². The molecule has 0 spiro atoms. The lowest BCUT2D eigenvalue weighted by atomic mass is 10.00. The fraction of sp³-hybridized carbons (Fsp3) is 0.133. The van der Waals surface area contributed by atoms with Crippen molar-refractivity contribution in [3.8, 4) is 0 Å². The minimum absolute atomic E-state index is 0.146. The predicted molar refractivity (Wildman–Crippen MR) is 77.0 cm³/mol. The van der Waals surface area contributed by atoms with Crippen LogP contribution in [0.2, 0.25) is 10.0 Å². The van der Waals surface area contributed by atoms with E-state index in [1.54, 1.807) is 18.2 Å². The zero-order valence-corrected chi connectivity index (χ0v) is 11.8. The summed E-state index contributed by atoms with van der Waals surface area (Å²) < 4.78 is 5.30. The Morgan fingerprint density at radius 1 is 1.05 bits per heavy atom. The molecule has 0 N–H and O–H groups in total. The zero-order chi connectivity index (χ0) is 13.8. The van der Waals surface area contributed by atoms with Crippen LogP contribution >= 0.6 is 23.2 Å². The molecule has 19 heavy (non-hydrogen) atoms. The molecule has 2 nitrogen and oxygen atoms in total. The Hall–Kier alpha value is -1.35. The molecular weight excluding hydrogens is 283 g/mol. The Labute approximate surface area is 121 Å². The maximum Gasteiger partial charge on any atom is 0.196 e. The van der Waals surface area contributed by atoms with Crippen molar-refractivity contribution in [2.75, 3.05) is 7.11 Å². The number of carbonyl (C=O) groups excluding carboxylic acids is 1. The summed E-state index contributed by atoms with van der Waals surface area (Å²) >= 11 is 11.8. The number of benzene rings is 2. The van der Waals surface area contributed by atoms with E-state index in [2.05, 4.69) is 0 Å². The highest BCUT2D eigenvalue weighted by Gasteiger charge is 2.21. The van der Waals surface area contributed by atoms with Crippen LogP contribution in [0.1, 0.15) is 22.0 Å². The van der Waals surface area contributed by atoms with Crippen molar-refractivity contribution in [3.05, 3.63) is 69.7 Å². The molecule has 98 valence electrons. The quantitative estimate of drug-likeness (QED) is 0.773. The molecule has 2 aromatic carbocycles. The second-order valence-electron chi connectivity index (χ2n) is 4.02. The second kappa shape index (κ2) is 6.20. The first-order valence-electron chi connectivity index (χ1n) is 5.70. The smallest absolute Gasteiger partial charge is 0.196 e. The van der Waals surface area contributed by atoms with Crippen LogP contribution in [-0.2, 0) is 4.74 Å². The normalized spacial score (nSPS) is 12.2. The summed E-state index contributed by atoms with van der Waals surface area (Å²) in [7, 11) is 1.51. The minimum Gasteiger partial charge on any atom is -0.369 e. The highest BCUT2D eigenvalue weighted by molar-refractivity contribution is 6.42. The van der Waals surface area contributed by atoms with Gasteiger partial charge in [0.15, 0.2) is 5.78 Å². The first kappa shape index (κ1) is 14.1. The van der Waals surface area contributed by atoms with Crippen molar-refractivity contribution in [2.24, 2.45) is 0 Å². The van der Waals surface area contributed by atoms with Gasteiger partial charge in [0.1, 0.15) is 6.10 Å². The molecule has 0 aliphatic heterocycles. The number of ketones is 1. The largest absolute Gasteiger partial charge is 0.369 e. The topological polar surface area (TPSA) is 26.3 Å². The zero-order valence-electron chi connectivity index (χ0n) is 10.3. The molecule has 0 aromatic heterocycles. The van der Waals surface area contributed by atoms with Gasteiger partial charge in [0.25, 0.3) is 0 Å².